The molecule has 0 bridgehead atoms. The fraction of sp³-hybridized carbons (Fsp3) is 0.167. The summed E-state index contributed by atoms with van der Waals surface area (Å²) in [5.74, 6) is 1.18. The summed E-state index contributed by atoms with van der Waals surface area (Å²) in [4.78, 5) is 13.2. The monoisotopic (exact) mass is 321 g/mol. The molecule has 0 radical (unpaired) electrons. The van der Waals surface area contributed by atoms with E-state index in [9.17, 15) is 0 Å². The third-order valence-corrected chi connectivity index (χ3v) is 3.37. The lowest BCUT2D eigenvalue weighted by atomic mass is 10.1. The average molecular weight is 321 g/mol. The predicted molar refractivity (Wildman–Crippen MR) is 94.6 cm³/mol. The Morgan fingerprint density at radius 1 is 0.917 bits per heavy atom. The fourth-order valence-corrected chi connectivity index (χ4v) is 2.23. The highest BCUT2D eigenvalue weighted by Crippen LogP contribution is 2.21. The maximum atomic E-state index is 8.99. The molecule has 0 amide bonds. The van der Waals surface area contributed by atoms with Crippen LogP contribution in [0.15, 0.2) is 60.8 Å². The Labute approximate surface area is 140 Å². The summed E-state index contributed by atoms with van der Waals surface area (Å²) in [7, 11) is 0. The summed E-state index contributed by atoms with van der Waals surface area (Å²) in [6, 6.07) is 17.6. The molecule has 0 aliphatic rings. The number of hydrogen-bond acceptors (Lipinski definition) is 6. The topological polar surface area (TPSA) is 83.0 Å². The van der Waals surface area contributed by atoms with E-state index in [4.69, 9.17) is 5.11 Å². The molecule has 6 heteroatoms. The summed E-state index contributed by atoms with van der Waals surface area (Å²) in [6.45, 7) is 0.999. The molecule has 1 aromatic carbocycles. The molecule has 122 valence electrons. The number of hydrogen-bond donors (Lipinski definition) is 3. The zero-order valence-corrected chi connectivity index (χ0v) is 13.2. The van der Waals surface area contributed by atoms with Gasteiger partial charge in [-0.25, -0.2) is 4.98 Å². The highest BCUT2D eigenvalue weighted by molar-refractivity contribution is 5.64. The molecule has 0 saturated heterocycles. The summed E-state index contributed by atoms with van der Waals surface area (Å²) in [5, 5.41) is 15.3. The van der Waals surface area contributed by atoms with E-state index in [2.05, 4.69) is 25.6 Å². The smallest absolute Gasteiger partial charge is 0.225 e. The zero-order chi connectivity index (χ0) is 16.6. The van der Waals surface area contributed by atoms with E-state index >= 15 is 0 Å². The molecule has 0 spiro atoms. The molecule has 0 unspecified atom stereocenters. The van der Waals surface area contributed by atoms with E-state index in [0.717, 1.165) is 17.0 Å². The first kappa shape index (κ1) is 15.9. The molecule has 0 aliphatic heterocycles. The Bertz CT molecular complexity index is 765. The van der Waals surface area contributed by atoms with Gasteiger partial charge in [0.25, 0.3) is 0 Å². The van der Waals surface area contributed by atoms with Gasteiger partial charge in [0.15, 0.2) is 0 Å². The van der Waals surface area contributed by atoms with E-state index in [-0.39, 0.29) is 6.61 Å². The Morgan fingerprint density at radius 3 is 2.50 bits per heavy atom. The Kier molecular flexibility index (Phi) is 5.32. The van der Waals surface area contributed by atoms with Crippen molar-refractivity contribution in [2.75, 3.05) is 23.8 Å². The van der Waals surface area contributed by atoms with Crippen molar-refractivity contribution in [3.8, 4) is 11.3 Å². The van der Waals surface area contributed by atoms with Gasteiger partial charge in [-0.2, -0.15) is 4.98 Å². The largest absolute Gasteiger partial charge is 0.395 e. The summed E-state index contributed by atoms with van der Waals surface area (Å²) >= 11 is 0. The van der Waals surface area contributed by atoms with Crippen LogP contribution in [0, 0.1) is 0 Å². The van der Waals surface area contributed by atoms with Crippen molar-refractivity contribution in [1.29, 1.82) is 0 Å². The molecular weight excluding hydrogens is 302 g/mol. The first-order chi connectivity index (χ1) is 11.8. The van der Waals surface area contributed by atoms with E-state index in [0.29, 0.717) is 24.9 Å². The highest BCUT2D eigenvalue weighted by atomic mass is 16.3. The standard InChI is InChI=1S/C18H19N5O/c24-11-10-20-18-22-16(14-6-2-1-3-7-14)12-17(23-18)21-13-15-8-4-5-9-19-15/h1-9,12,24H,10-11,13H2,(H2,20,21,22,23). The Hall–Kier alpha value is -2.99. The van der Waals surface area contributed by atoms with E-state index in [1.54, 1.807) is 6.20 Å². The lowest BCUT2D eigenvalue weighted by Gasteiger charge is -2.11. The van der Waals surface area contributed by atoms with Crippen LogP contribution in [-0.4, -0.2) is 33.2 Å². The minimum atomic E-state index is 0.0234. The molecule has 0 atom stereocenters. The van der Waals surface area contributed by atoms with Crippen molar-refractivity contribution < 1.29 is 5.11 Å². The van der Waals surface area contributed by atoms with Crippen LogP contribution in [0.5, 0.6) is 0 Å². The van der Waals surface area contributed by atoms with Crippen LogP contribution < -0.4 is 10.6 Å². The SMILES string of the molecule is OCCNc1nc(NCc2ccccn2)cc(-c2ccccc2)n1. The number of pyridine rings is 1. The van der Waals surface area contributed by atoms with E-state index in [1.165, 1.54) is 0 Å². The number of aliphatic hydroxyl groups excluding tert-OH is 1. The second-order valence-electron chi connectivity index (χ2n) is 5.15. The molecule has 3 aromatic rings. The summed E-state index contributed by atoms with van der Waals surface area (Å²) in [5.41, 5.74) is 2.75. The van der Waals surface area contributed by atoms with Gasteiger partial charge in [0, 0.05) is 24.4 Å². The van der Waals surface area contributed by atoms with Crippen LogP contribution in [0.4, 0.5) is 11.8 Å². The van der Waals surface area contributed by atoms with Gasteiger partial charge in [0.1, 0.15) is 5.82 Å². The highest BCUT2D eigenvalue weighted by Gasteiger charge is 2.06. The second kappa shape index (κ2) is 8.03. The minimum absolute atomic E-state index is 0.0234. The summed E-state index contributed by atoms with van der Waals surface area (Å²) in [6.07, 6.45) is 1.76. The van der Waals surface area contributed by atoms with Gasteiger partial charge in [-0.15, -0.1) is 0 Å². The number of aromatic nitrogens is 3. The molecule has 24 heavy (non-hydrogen) atoms. The second-order valence-corrected chi connectivity index (χ2v) is 5.15. The lowest BCUT2D eigenvalue weighted by molar-refractivity contribution is 0.311. The Balaban J connectivity index is 1.84. The number of nitrogens with zero attached hydrogens (tertiary/aromatic N) is 3. The maximum Gasteiger partial charge on any atom is 0.225 e. The van der Waals surface area contributed by atoms with Crippen LogP contribution in [0.25, 0.3) is 11.3 Å². The zero-order valence-electron chi connectivity index (χ0n) is 13.2. The van der Waals surface area contributed by atoms with Crippen molar-refractivity contribution in [3.63, 3.8) is 0 Å². The van der Waals surface area contributed by atoms with Gasteiger partial charge >= 0.3 is 0 Å². The van der Waals surface area contributed by atoms with Crippen LogP contribution in [0.1, 0.15) is 5.69 Å². The predicted octanol–water partition coefficient (Wildman–Crippen LogP) is 2.55. The van der Waals surface area contributed by atoms with E-state index < -0.39 is 0 Å². The normalized spacial score (nSPS) is 10.4. The minimum Gasteiger partial charge on any atom is -0.395 e. The lowest BCUT2D eigenvalue weighted by Crippen LogP contribution is -2.11. The first-order valence-electron chi connectivity index (χ1n) is 7.78. The van der Waals surface area contributed by atoms with Crippen LogP contribution >= 0.6 is 0 Å². The van der Waals surface area contributed by atoms with Gasteiger partial charge in [-0.05, 0) is 12.1 Å². The van der Waals surface area contributed by atoms with Gasteiger partial charge in [-0.3, -0.25) is 4.98 Å². The molecule has 3 rings (SSSR count). The number of nitrogens with one attached hydrogen (secondary N) is 2. The molecule has 0 saturated carbocycles. The maximum absolute atomic E-state index is 8.99. The third-order valence-electron chi connectivity index (χ3n) is 3.37. The van der Waals surface area contributed by atoms with Crippen molar-refractivity contribution in [3.05, 3.63) is 66.5 Å². The van der Waals surface area contributed by atoms with Gasteiger partial charge in [0.2, 0.25) is 5.95 Å². The van der Waals surface area contributed by atoms with Crippen molar-refractivity contribution in [2.24, 2.45) is 0 Å². The average Bonchev–Trinajstić information content (AvgIpc) is 2.66. The molecule has 3 N–H and O–H groups in total. The number of rotatable bonds is 7. The van der Waals surface area contributed by atoms with Gasteiger partial charge in [-0.1, -0.05) is 36.4 Å². The van der Waals surface area contributed by atoms with E-state index in [1.807, 2.05) is 54.6 Å². The van der Waals surface area contributed by atoms with Crippen LogP contribution in [0.3, 0.4) is 0 Å². The first-order valence-corrected chi connectivity index (χ1v) is 7.78. The summed E-state index contributed by atoms with van der Waals surface area (Å²) < 4.78 is 0. The fourth-order valence-electron chi connectivity index (χ4n) is 2.23. The molecule has 2 heterocycles. The number of benzene rings is 1. The van der Waals surface area contributed by atoms with Crippen molar-refractivity contribution in [1.82, 2.24) is 15.0 Å². The third kappa shape index (κ3) is 4.27. The van der Waals surface area contributed by atoms with Crippen molar-refractivity contribution >= 4 is 11.8 Å². The number of aliphatic hydroxyl groups is 1. The van der Waals surface area contributed by atoms with Crippen LogP contribution in [0.2, 0.25) is 0 Å². The van der Waals surface area contributed by atoms with Gasteiger partial charge < -0.3 is 15.7 Å². The molecule has 0 fully saturated rings. The molecule has 2 aromatic heterocycles. The Morgan fingerprint density at radius 2 is 1.75 bits per heavy atom. The van der Waals surface area contributed by atoms with Gasteiger partial charge in [0.05, 0.1) is 24.5 Å². The molecular formula is C18H19N5O. The number of anilines is 2. The quantitative estimate of drug-likeness (QED) is 0.620. The molecule has 6 nitrogen and oxygen atoms in total. The van der Waals surface area contributed by atoms with Crippen molar-refractivity contribution in [2.45, 2.75) is 6.54 Å². The molecule has 0 aliphatic carbocycles. The van der Waals surface area contributed by atoms with Crippen LogP contribution in [-0.2, 0) is 6.54 Å².